The van der Waals surface area contributed by atoms with Gasteiger partial charge in [-0.25, -0.2) is 4.98 Å². The molecule has 2 N–H and O–H groups in total. The van der Waals surface area contributed by atoms with Crippen molar-refractivity contribution in [3.8, 4) is 0 Å². The van der Waals surface area contributed by atoms with Crippen LogP contribution in [0.3, 0.4) is 0 Å². The number of benzene rings is 1. The van der Waals surface area contributed by atoms with Crippen LogP contribution in [0.1, 0.15) is 47.2 Å². The Morgan fingerprint density at radius 1 is 1.27 bits per heavy atom. The summed E-state index contributed by atoms with van der Waals surface area (Å²) in [6, 6.07) is 9.37. The molecule has 0 spiro atoms. The minimum Gasteiger partial charge on any atom is -0.345 e. The molecule has 0 saturated carbocycles. The molecule has 0 bridgehead atoms. The second-order valence-electron chi connectivity index (χ2n) is 6.66. The van der Waals surface area contributed by atoms with Gasteiger partial charge in [0.2, 0.25) is 5.56 Å². The van der Waals surface area contributed by atoms with Crippen LogP contribution in [0, 0.1) is 0 Å². The molecule has 2 heterocycles. The lowest BCUT2D eigenvalue weighted by molar-refractivity contribution is 0.0948. The van der Waals surface area contributed by atoms with E-state index in [-0.39, 0.29) is 11.5 Å². The highest BCUT2D eigenvalue weighted by Gasteiger charge is 2.20. The van der Waals surface area contributed by atoms with E-state index in [4.69, 9.17) is 0 Å². The van der Waals surface area contributed by atoms with Crippen molar-refractivity contribution in [3.05, 3.63) is 63.3 Å². The average molecular weight is 350 g/mol. The normalized spacial score (nSPS) is 13.6. The second kappa shape index (κ2) is 6.78. The standard InChI is InChI=1S/C20H22N4O2/c1-2-24-17-10-6-5-9-16(17)22-18(24)12-21-20(26)14-11-19(25)23-15-8-4-3-7-13(14)15/h5-6,9-11H,2-4,7-8,12H2,1H3,(H,21,26)(H,23,25). The molecular formula is C20H22N4O2. The number of carbonyl (C=O) groups excluding carboxylic acids is 1. The number of imidazole rings is 1. The summed E-state index contributed by atoms with van der Waals surface area (Å²) in [4.78, 5) is 32.2. The number of hydrogen-bond donors (Lipinski definition) is 2. The number of aryl methyl sites for hydroxylation is 2. The van der Waals surface area contributed by atoms with Gasteiger partial charge in [-0.15, -0.1) is 0 Å². The number of carbonyl (C=O) groups is 1. The number of rotatable bonds is 4. The predicted molar refractivity (Wildman–Crippen MR) is 100 cm³/mol. The largest absolute Gasteiger partial charge is 0.345 e. The van der Waals surface area contributed by atoms with Crippen molar-refractivity contribution < 1.29 is 4.79 Å². The topological polar surface area (TPSA) is 79.8 Å². The lowest BCUT2D eigenvalue weighted by Crippen LogP contribution is -2.29. The summed E-state index contributed by atoms with van der Waals surface area (Å²) >= 11 is 0. The van der Waals surface area contributed by atoms with E-state index in [1.54, 1.807) is 0 Å². The third-order valence-corrected chi connectivity index (χ3v) is 5.04. The summed E-state index contributed by atoms with van der Waals surface area (Å²) in [5, 5.41) is 2.95. The number of aromatic amines is 1. The third-order valence-electron chi connectivity index (χ3n) is 5.04. The minimum absolute atomic E-state index is 0.205. The Hall–Kier alpha value is -2.89. The molecule has 134 valence electrons. The number of amides is 1. The molecule has 0 fully saturated rings. The van der Waals surface area contributed by atoms with Crippen molar-refractivity contribution in [1.82, 2.24) is 19.9 Å². The smallest absolute Gasteiger partial charge is 0.252 e. The van der Waals surface area contributed by atoms with E-state index in [1.165, 1.54) is 6.07 Å². The fourth-order valence-electron chi connectivity index (χ4n) is 3.81. The first-order valence-corrected chi connectivity index (χ1v) is 9.14. The van der Waals surface area contributed by atoms with Crippen molar-refractivity contribution in [2.24, 2.45) is 0 Å². The van der Waals surface area contributed by atoms with E-state index in [0.717, 1.165) is 60.3 Å². The number of aromatic nitrogens is 3. The zero-order valence-corrected chi connectivity index (χ0v) is 14.8. The van der Waals surface area contributed by atoms with Gasteiger partial charge in [0.15, 0.2) is 0 Å². The van der Waals surface area contributed by atoms with Gasteiger partial charge in [0, 0.05) is 23.9 Å². The second-order valence-corrected chi connectivity index (χ2v) is 6.66. The average Bonchev–Trinajstić information content (AvgIpc) is 3.02. The maximum Gasteiger partial charge on any atom is 0.252 e. The van der Waals surface area contributed by atoms with Gasteiger partial charge < -0.3 is 14.9 Å². The SMILES string of the molecule is CCn1c(CNC(=O)c2cc(=O)[nH]c3c2CCCC3)nc2ccccc21. The fourth-order valence-corrected chi connectivity index (χ4v) is 3.81. The van der Waals surface area contributed by atoms with E-state index in [0.29, 0.717) is 12.1 Å². The monoisotopic (exact) mass is 350 g/mol. The highest BCUT2D eigenvalue weighted by molar-refractivity contribution is 5.95. The van der Waals surface area contributed by atoms with Crippen LogP contribution in [0.4, 0.5) is 0 Å². The van der Waals surface area contributed by atoms with Crippen molar-refractivity contribution in [2.75, 3.05) is 0 Å². The lowest BCUT2D eigenvalue weighted by Gasteiger charge is -2.18. The number of pyridine rings is 1. The van der Waals surface area contributed by atoms with E-state index in [2.05, 4.69) is 26.8 Å². The molecule has 1 aliphatic rings. The maximum absolute atomic E-state index is 12.8. The summed E-state index contributed by atoms with van der Waals surface area (Å²) in [6.07, 6.45) is 3.76. The van der Waals surface area contributed by atoms with E-state index >= 15 is 0 Å². The van der Waals surface area contributed by atoms with Crippen LogP contribution >= 0.6 is 0 Å². The molecule has 0 saturated heterocycles. The summed E-state index contributed by atoms with van der Waals surface area (Å²) in [7, 11) is 0. The van der Waals surface area contributed by atoms with Crippen molar-refractivity contribution in [3.63, 3.8) is 0 Å². The Labute approximate surface area is 151 Å². The minimum atomic E-state index is -0.211. The van der Waals surface area contributed by atoms with E-state index in [1.807, 2.05) is 24.3 Å². The Balaban J connectivity index is 1.60. The quantitative estimate of drug-likeness (QED) is 0.759. The van der Waals surface area contributed by atoms with Crippen LogP contribution < -0.4 is 10.9 Å². The number of nitrogens with zero attached hydrogens (tertiary/aromatic N) is 2. The molecule has 0 aliphatic heterocycles. The molecule has 6 heteroatoms. The van der Waals surface area contributed by atoms with Gasteiger partial charge in [-0.05, 0) is 50.3 Å². The first kappa shape index (κ1) is 16.6. The van der Waals surface area contributed by atoms with Gasteiger partial charge in [0.05, 0.1) is 17.6 Å². The first-order chi connectivity index (χ1) is 12.7. The molecule has 3 aromatic rings. The van der Waals surface area contributed by atoms with Crippen molar-refractivity contribution in [1.29, 1.82) is 0 Å². The molecule has 1 aromatic carbocycles. The first-order valence-electron chi connectivity index (χ1n) is 9.14. The molecule has 1 amide bonds. The summed E-state index contributed by atoms with van der Waals surface area (Å²) in [5.74, 6) is 0.615. The Morgan fingerprint density at radius 2 is 2.08 bits per heavy atom. The van der Waals surface area contributed by atoms with Gasteiger partial charge >= 0.3 is 0 Å². The van der Waals surface area contributed by atoms with Crippen LogP contribution in [0.25, 0.3) is 11.0 Å². The Morgan fingerprint density at radius 3 is 2.92 bits per heavy atom. The highest BCUT2D eigenvalue weighted by Crippen LogP contribution is 2.22. The van der Waals surface area contributed by atoms with E-state index in [9.17, 15) is 9.59 Å². The van der Waals surface area contributed by atoms with E-state index < -0.39 is 0 Å². The number of nitrogens with one attached hydrogen (secondary N) is 2. The Kier molecular flexibility index (Phi) is 4.32. The van der Waals surface area contributed by atoms with Gasteiger partial charge in [-0.3, -0.25) is 9.59 Å². The number of hydrogen-bond acceptors (Lipinski definition) is 3. The van der Waals surface area contributed by atoms with Gasteiger partial charge in [0.25, 0.3) is 5.91 Å². The predicted octanol–water partition coefficient (Wildman–Crippen LogP) is 2.55. The van der Waals surface area contributed by atoms with Crippen LogP contribution in [0.15, 0.2) is 35.1 Å². The number of fused-ring (bicyclic) bond motifs is 2. The zero-order chi connectivity index (χ0) is 18.1. The van der Waals surface area contributed by atoms with Crippen molar-refractivity contribution in [2.45, 2.75) is 45.7 Å². The Bertz CT molecular complexity index is 1030. The molecule has 0 atom stereocenters. The molecule has 0 unspecified atom stereocenters. The van der Waals surface area contributed by atoms with Crippen LogP contribution in [0.5, 0.6) is 0 Å². The van der Waals surface area contributed by atoms with Gasteiger partial charge in [-0.2, -0.15) is 0 Å². The molecular weight excluding hydrogens is 328 g/mol. The van der Waals surface area contributed by atoms with Crippen molar-refractivity contribution >= 4 is 16.9 Å². The lowest BCUT2D eigenvalue weighted by atomic mass is 9.92. The van der Waals surface area contributed by atoms with Crippen LogP contribution in [-0.4, -0.2) is 20.4 Å². The summed E-state index contributed by atoms with van der Waals surface area (Å²) in [6.45, 7) is 3.18. The van der Waals surface area contributed by atoms with Gasteiger partial charge in [0.1, 0.15) is 5.82 Å². The molecule has 0 radical (unpaired) electrons. The number of H-pyrrole nitrogens is 1. The highest BCUT2D eigenvalue weighted by atomic mass is 16.2. The number of para-hydroxylation sites is 2. The molecule has 2 aromatic heterocycles. The summed E-state index contributed by atoms with van der Waals surface area (Å²) < 4.78 is 2.10. The zero-order valence-electron chi connectivity index (χ0n) is 14.8. The third kappa shape index (κ3) is 2.92. The summed E-state index contributed by atoms with van der Waals surface area (Å²) in [5.41, 5.74) is 4.17. The van der Waals surface area contributed by atoms with Crippen LogP contribution in [0.2, 0.25) is 0 Å². The maximum atomic E-state index is 12.8. The molecule has 26 heavy (non-hydrogen) atoms. The molecule has 6 nitrogen and oxygen atoms in total. The van der Waals surface area contributed by atoms with Crippen LogP contribution in [-0.2, 0) is 25.9 Å². The van der Waals surface area contributed by atoms with Gasteiger partial charge in [-0.1, -0.05) is 12.1 Å². The molecule has 4 rings (SSSR count). The molecule has 1 aliphatic carbocycles. The fraction of sp³-hybridized carbons (Fsp3) is 0.350.